The van der Waals surface area contributed by atoms with Gasteiger partial charge in [0.2, 0.25) is 0 Å². The van der Waals surface area contributed by atoms with Crippen molar-refractivity contribution in [3.8, 4) is 22.3 Å². The second kappa shape index (κ2) is 14.2. The monoisotopic (exact) mass is 625 g/mol. The summed E-state index contributed by atoms with van der Waals surface area (Å²) < 4.78 is 0. The maximum Gasteiger partial charge on any atom is 0.169 e. The molecule has 7 rings (SSSR count). The van der Waals surface area contributed by atoms with E-state index in [1.807, 2.05) is 0 Å². The van der Waals surface area contributed by atoms with Gasteiger partial charge in [-0.2, -0.15) is 0 Å². The number of nitrogens with one attached hydrogen (secondary N) is 1. The summed E-state index contributed by atoms with van der Waals surface area (Å²) in [5.41, 5.74) is 13.4. The van der Waals surface area contributed by atoms with Crippen molar-refractivity contribution in [3.05, 3.63) is 179 Å². The standard InChI is InChI=1S/C45H43N3/c1-4-31-7-13-34(14-8-31)37-19-25-40(26-20-37)43-46-44(41-27-21-38(22-28-41)35-15-9-32(5-2)10-16-35)48-45(47-43)42-29-23-39(24-30-42)36-17-11-33(6-3)12-18-36/h7-17,19-30,36,43H,4-6,18H2,1-3H3,(H,46,47,48). The van der Waals surface area contributed by atoms with Gasteiger partial charge in [-0.3, -0.25) is 0 Å². The zero-order valence-electron chi connectivity index (χ0n) is 28.2. The number of aryl methyl sites for hydroxylation is 2. The maximum absolute atomic E-state index is 5.16. The lowest BCUT2D eigenvalue weighted by Gasteiger charge is -2.23. The number of aliphatic imine (C=N–C) groups is 2. The summed E-state index contributed by atoms with van der Waals surface area (Å²) in [5, 5.41) is 3.60. The van der Waals surface area contributed by atoms with Crippen LogP contribution in [0.25, 0.3) is 22.3 Å². The Kier molecular flexibility index (Phi) is 9.29. The van der Waals surface area contributed by atoms with E-state index >= 15 is 0 Å². The van der Waals surface area contributed by atoms with Crippen molar-refractivity contribution in [2.24, 2.45) is 9.98 Å². The van der Waals surface area contributed by atoms with E-state index in [1.54, 1.807) is 0 Å². The number of nitrogens with zero attached hydrogens (tertiary/aromatic N) is 2. The zero-order valence-corrected chi connectivity index (χ0v) is 28.2. The number of rotatable bonds is 9. The average molecular weight is 626 g/mol. The zero-order chi connectivity index (χ0) is 32.9. The Bertz CT molecular complexity index is 1970. The number of amidine groups is 2. The molecule has 2 atom stereocenters. The molecular formula is C45H43N3. The topological polar surface area (TPSA) is 36.8 Å². The Balaban J connectivity index is 1.18. The van der Waals surface area contributed by atoms with Crippen LogP contribution in [0.15, 0.2) is 155 Å². The molecule has 0 saturated heterocycles. The fraction of sp³-hybridized carbons (Fsp3) is 0.200. The molecule has 2 aliphatic rings. The van der Waals surface area contributed by atoms with E-state index < -0.39 is 0 Å². The van der Waals surface area contributed by atoms with Gasteiger partial charge in [0.15, 0.2) is 6.17 Å². The van der Waals surface area contributed by atoms with Crippen molar-refractivity contribution in [1.82, 2.24) is 5.32 Å². The minimum Gasteiger partial charge on any atom is -0.324 e. The molecule has 1 heterocycles. The fourth-order valence-electron chi connectivity index (χ4n) is 6.49. The molecular weight excluding hydrogens is 583 g/mol. The largest absolute Gasteiger partial charge is 0.324 e. The molecule has 0 radical (unpaired) electrons. The lowest BCUT2D eigenvalue weighted by Crippen LogP contribution is -2.36. The van der Waals surface area contributed by atoms with E-state index in [-0.39, 0.29) is 6.17 Å². The number of benzene rings is 5. The van der Waals surface area contributed by atoms with Crippen LogP contribution in [0.3, 0.4) is 0 Å². The fourth-order valence-corrected chi connectivity index (χ4v) is 6.49. The molecule has 3 heteroatoms. The Morgan fingerprint density at radius 3 is 1.35 bits per heavy atom. The van der Waals surface area contributed by atoms with Gasteiger partial charge in [-0.25, -0.2) is 9.98 Å². The molecule has 5 aromatic rings. The van der Waals surface area contributed by atoms with Crippen LogP contribution < -0.4 is 5.32 Å². The van der Waals surface area contributed by atoms with Crippen LogP contribution in [0.5, 0.6) is 0 Å². The lowest BCUT2D eigenvalue weighted by molar-refractivity contribution is 0.756. The first kappa shape index (κ1) is 31.3. The van der Waals surface area contributed by atoms with Gasteiger partial charge in [-0.15, -0.1) is 0 Å². The Hall–Kier alpha value is -5.28. The van der Waals surface area contributed by atoms with Gasteiger partial charge in [0.25, 0.3) is 0 Å². The van der Waals surface area contributed by atoms with E-state index in [2.05, 4.69) is 166 Å². The highest BCUT2D eigenvalue weighted by atomic mass is 15.2. The molecule has 0 saturated carbocycles. The average Bonchev–Trinajstić information content (AvgIpc) is 3.18. The summed E-state index contributed by atoms with van der Waals surface area (Å²) in [6.45, 7) is 6.59. The number of allylic oxidation sites excluding steroid dienone is 4. The van der Waals surface area contributed by atoms with Crippen molar-refractivity contribution in [1.29, 1.82) is 0 Å². The third-order valence-electron chi connectivity index (χ3n) is 9.69. The normalized spacial score (nSPS) is 17.3. The second-order valence-electron chi connectivity index (χ2n) is 12.7. The summed E-state index contributed by atoms with van der Waals surface area (Å²) in [4.78, 5) is 10.3. The molecule has 0 bridgehead atoms. The Labute approximate surface area is 285 Å². The van der Waals surface area contributed by atoms with Gasteiger partial charge in [-0.05, 0) is 70.2 Å². The predicted octanol–water partition coefficient (Wildman–Crippen LogP) is 11.0. The molecule has 238 valence electrons. The Morgan fingerprint density at radius 1 is 0.500 bits per heavy atom. The molecule has 1 aliphatic heterocycles. The highest BCUT2D eigenvalue weighted by Gasteiger charge is 2.21. The van der Waals surface area contributed by atoms with Crippen LogP contribution in [-0.4, -0.2) is 11.7 Å². The predicted molar refractivity (Wildman–Crippen MR) is 203 cm³/mol. The van der Waals surface area contributed by atoms with Crippen molar-refractivity contribution >= 4 is 11.7 Å². The number of hydrogen-bond donors (Lipinski definition) is 1. The third kappa shape index (κ3) is 6.87. The van der Waals surface area contributed by atoms with Crippen LogP contribution in [0.2, 0.25) is 0 Å². The van der Waals surface area contributed by atoms with Gasteiger partial charge < -0.3 is 5.32 Å². The van der Waals surface area contributed by atoms with Crippen LogP contribution in [0.1, 0.15) is 79.1 Å². The molecule has 1 N–H and O–H groups in total. The molecule has 0 amide bonds. The highest BCUT2D eigenvalue weighted by molar-refractivity contribution is 6.16. The van der Waals surface area contributed by atoms with Crippen LogP contribution in [0.4, 0.5) is 0 Å². The molecule has 3 nitrogen and oxygen atoms in total. The van der Waals surface area contributed by atoms with E-state index in [4.69, 9.17) is 9.98 Å². The van der Waals surface area contributed by atoms with Crippen LogP contribution >= 0.6 is 0 Å². The van der Waals surface area contributed by atoms with Crippen molar-refractivity contribution in [2.45, 2.75) is 58.5 Å². The van der Waals surface area contributed by atoms with Crippen molar-refractivity contribution < 1.29 is 0 Å². The van der Waals surface area contributed by atoms with Gasteiger partial charge in [0.05, 0.1) is 0 Å². The molecule has 48 heavy (non-hydrogen) atoms. The highest BCUT2D eigenvalue weighted by Crippen LogP contribution is 2.30. The lowest BCUT2D eigenvalue weighted by atomic mass is 9.89. The Morgan fingerprint density at radius 2 is 0.917 bits per heavy atom. The SMILES string of the molecule is CCC1=CCC(c2ccc(C3=NC(c4ccc(-c5ccc(CC)cc5)cc4)N=C(c4ccc(-c5ccc(CC)cc5)cc4)N3)cc2)C=C1. The van der Waals surface area contributed by atoms with E-state index in [0.29, 0.717) is 5.92 Å². The van der Waals surface area contributed by atoms with E-state index in [0.717, 1.165) is 54.0 Å². The molecule has 0 fully saturated rings. The molecule has 2 unspecified atom stereocenters. The van der Waals surface area contributed by atoms with Gasteiger partial charge in [0.1, 0.15) is 11.7 Å². The molecule has 5 aromatic carbocycles. The summed E-state index contributed by atoms with van der Waals surface area (Å²) in [6.07, 6.45) is 10.9. The van der Waals surface area contributed by atoms with Crippen LogP contribution in [0, 0.1) is 0 Å². The maximum atomic E-state index is 5.16. The smallest absolute Gasteiger partial charge is 0.169 e. The number of hydrogen-bond acceptors (Lipinski definition) is 3. The van der Waals surface area contributed by atoms with Gasteiger partial charge in [0, 0.05) is 17.0 Å². The van der Waals surface area contributed by atoms with Gasteiger partial charge >= 0.3 is 0 Å². The minimum atomic E-state index is -0.354. The van der Waals surface area contributed by atoms with Crippen molar-refractivity contribution in [3.63, 3.8) is 0 Å². The van der Waals surface area contributed by atoms with E-state index in [9.17, 15) is 0 Å². The summed E-state index contributed by atoms with van der Waals surface area (Å²) in [6, 6.07) is 44.0. The third-order valence-corrected chi connectivity index (χ3v) is 9.69. The minimum absolute atomic E-state index is 0.354. The summed E-state index contributed by atoms with van der Waals surface area (Å²) >= 11 is 0. The first-order chi connectivity index (χ1) is 23.6. The molecule has 0 aromatic heterocycles. The quantitative estimate of drug-likeness (QED) is 0.174. The summed E-state index contributed by atoms with van der Waals surface area (Å²) in [5.74, 6) is 2.07. The van der Waals surface area contributed by atoms with Gasteiger partial charge in [-0.1, -0.05) is 166 Å². The second-order valence-corrected chi connectivity index (χ2v) is 12.7. The van der Waals surface area contributed by atoms with E-state index in [1.165, 1.54) is 44.5 Å². The van der Waals surface area contributed by atoms with Crippen molar-refractivity contribution in [2.75, 3.05) is 0 Å². The molecule has 1 aliphatic carbocycles. The summed E-state index contributed by atoms with van der Waals surface area (Å²) in [7, 11) is 0. The molecule has 0 spiro atoms. The van der Waals surface area contributed by atoms with Crippen LogP contribution in [-0.2, 0) is 12.8 Å². The first-order valence-electron chi connectivity index (χ1n) is 17.4. The first-order valence-corrected chi connectivity index (χ1v) is 17.4.